The van der Waals surface area contributed by atoms with Gasteiger partial charge < -0.3 is 10.6 Å². The Balaban J connectivity index is 2.35. The smallest absolute Gasteiger partial charge is 0.240 e. The number of halogens is 1. The van der Waals surface area contributed by atoms with Gasteiger partial charge in [-0.25, -0.2) is 4.39 Å². The molecule has 0 aromatic heterocycles. The van der Waals surface area contributed by atoms with Gasteiger partial charge in [0.2, 0.25) is 5.91 Å². The summed E-state index contributed by atoms with van der Waals surface area (Å²) in [5.74, 6) is -0.904. The lowest BCUT2D eigenvalue weighted by molar-refractivity contribution is -0.119. The maximum atomic E-state index is 13.3. The third-order valence-corrected chi connectivity index (χ3v) is 2.95. The lowest BCUT2D eigenvalue weighted by Crippen LogP contribution is -2.40. The summed E-state index contributed by atoms with van der Waals surface area (Å²) in [6, 6.07) is 3.63. The molecule has 2 rings (SSSR count). The molecule has 1 heterocycles. The van der Waals surface area contributed by atoms with E-state index in [-0.39, 0.29) is 5.56 Å². The van der Waals surface area contributed by atoms with E-state index < -0.39 is 17.8 Å². The molecule has 1 atom stereocenters. The van der Waals surface area contributed by atoms with Gasteiger partial charge in [-0.3, -0.25) is 9.59 Å². The van der Waals surface area contributed by atoms with Crippen LogP contribution in [0.2, 0.25) is 0 Å². The van der Waals surface area contributed by atoms with E-state index in [1.165, 1.54) is 6.07 Å². The minimum atomic E-state index is -0.486. The summed E-state index contributed by atoms with van der Waals surface area (Å²) >= 11 is 0. The first-order valence-electron chi connectivity index (χ1n) is 5.43. The first-order valence-corrected chi connectivity index (χ1v) is 5.43. The predicted molar refractivity (Wildman–Crippen MR) is 61.3 cm³/mol. The molecule has 1 aromatic rings. The molecule has 1 amide bonds. The molecule has 1 aliphatic rings. The Bertz CT molecular complexity index is 462. The SMILES string of the molecule is NC(=O)C1CCCN1c1cc(F)cc(C=O)c1. The van der Waals surface area contributed by atoms with Crippen molar-refractivity contribution in [2.75, 3.05) is 11.4 Å². The largest absolute Gasteiger partial charge is 0.368 e. The summed E-state index contributed by atoms with van der Waals surface area (Å²) in [4.78, 5) is 23.7. The fourth-order valence-electron chi connectivity index (χ4n) is 2.20. The highest BCUT2D eigenvalue weighted by Gasteiger charge is 2.29. The van der Waals surface area contributed by atoms with Crippen molar-refractivity contribution < 1.29 is 14.0 Å². The van der Waals surface area contributed by atoms with Gasteiger partial charge in [0.1, 0.15) is 18.1 Å². The van der Waals surface area contributed by atoms with Crippen LogP contribution in [0, 0.1) is 5.82 Å². The zero-order valence-corrected chi connectivity index (χ0v) is 9.23. The summed E-state index contributed by atoms with van der Waals surface area (Å²) in [6.07, 6.45) is 2.09. The molecule has 0 radical (unpaired) electrons. The molecule has 1 aliphatic heterocycles. The van der Waals surface area contributed by atoms with E-state index in [1.807, 2.05) is 0 Å². The maximum absolute atomic E-state index is 13.3. The van der Waals surface area contributed by atoms with E-state index in [0.29, 0.717) is 24.9 Å². The number of carbonyl (C=O) groups is 2. The highest BCUT2D eigenvalue weighted by atomic mass is 19.1. The molecule has 4 nitrogen and oxygen atoms in total. The molecule has 1 aromatic carbocycles. The molecule has 1 saturated heterocycles. The van der Waals surface area contributed by atoms with Gasteiger partial charge in [-0.1, -0.05) is 0 Å². The first-order chi connectivity index (χ1) is 8.11. The number of amides is 1. The summed E-state index contributed by atoms with van der Waals surface area (Å²) in [6.45, 7) is 0.648. The molecule has 0 aliphatic carbocycles. The average molecular weight is 236 g/mol. The van der Waals surface area contributed by atoms with Crippen molar-refractivity contribution in [3.8, 4) is 0 Å². The van der Waals surface area contributed by atoms with Crippen LogP contribution in [0.25, 0.3) is 0 Å². The number of nitrogens with zero attached hydrogens (tertiary/aromatic N) is 1. The quantitative estimate of drug-likeness (QED) is 0.799. The Morgan fingerprint density at radius 1 is 1.47 bits per heavy atom. The van der Waals surface area contributed by atoms with E-state index in [0.717, 1.165) is 12.5 Å². The van der Waals surface area contributed by atoms with Crippen LogP contribution in [0.3, 0.4) is 0 Å². The summed E-state index contributed by atoms with van der Waals surface area (Å²) in [5.41, 5.74) is 6.09. The van der Waals surface area contributed by atoms with Gasteiger partial charge >= 0.3 is 0 Å². The van der Waals surface area contributed by atoms with E-state index >= 15 is 0 Å². The Morgan fingerprint density at radius 3 is 2.88 bits per heavy atom. The fraction of sp³-hybridized carbons (Fsp3) is 0.333. The predicted octanol–water partition coefficient (Wildman–Crippen LogP) is 1.09. The number of anilines is 1. The molecule has 0 saturated carbocycles. The fourth-order valence-corrected chi connectivity index (χ4v) is 2.20. The zero-order valence-electron chi connectivity index (χ0n) is 9.23. The Labute approximate surface area is 98.2 Å². The van der Waals surface area contributed by atoms with Crippen LogP contribution in [0.15, 0.2) is 18.2 Å². The first kappa shape index (κ1) is 11.6. The lowest BCUT2D eigenvalue weighted by atomic mass is 10.1. The number of hydrogen-bond donors (Lipinski definition) is 1. The van der Waals surface area contributed by atoms with E-state index in [4.69, 9.17) is 5.73 Å². The second kappa shape index (κ2) is 4.53. The molecule has 17 heavy (non-hydrogen) atoms. The minimum Gasteiger partial charge on any atom is -0.368 e. The van der Waals surface area contributed by atoms with E-state index in [9.17, 15) is 14.0 Å². The summed E-state index contributed by atoms with van der Waals surface area (Å²) in [5, 5.41) is 0. The van der Waals surface area contributed by atoms with Crippen LogP contribution in [0.1, 0.15) is 23.2 Å². The number of primary amides is 1. The van der Waals surface area contributed by atoms with Crippen LogP contribution < -0.4 is 10.6 Å². The molecule has 0 bridgehead atoms. The van der Waals surface area contributed by atoms with Crippen molar-refractivity contribution in [2.45, 2.75) is 18.9 Å². The van der Waals surface area contributed by atoms with Gasteiger partial charge in [0.05, 0.1) is 0 Å². The molecule has 90 valence electrons. The van der Waals surface area contributed by atoms with E-state index in [1.54, 1.807) is 11.0 Å². The van der Waals surface area contributed by atoms with Crippen LogP contribution in [0.5, 0.6) is 0 Å². The average Bonchev–Trinajstić information content (AvgIpc) is 2.77. The van der Waals surface area contributed by atoms with Crippen molar-refractivity contribution >= 4 is 17.9 Å². The Kier molecular flexibility index (Phi) is 3.08. The Hall–Kier alpha value is -1.91. The Morgan fingerprint density at radius 2 is 2.24 bits per heavy atom. The molecule has 5 heteroatoms. The number of carbonyl (C=O) groups excluding carboxylic acids is 2. The van der Waals surface area contributed by atoms with Gasteiger partial charge in [0, 0.05) is 17.8 Å². The van der Waals surface area contributed by atoms with Crippen molar-refractivity contribution in [3.05, 3.63) is 29.6 Å². The molecule has 1 fully saturated rings. The number of aldehydes is 1. The molecule has 0 spiro atoms. The zero-order chi connectivity index (χ0) is 12.4. The molecule has 2 N–H and O–H groups in total. The van der Waals surface area contributed by atoms with Gasteiger partial charge in [-0.15, -0.1) is 0 Å². The van der Waals surface area contributed by atoms with Gasteiger partial charge in [-0.05, 0) is 31.0 Å². The van der Waals surface area contributed by atoms with Crippen molar-refractivity contribution in [1.29, 1.82) is 0 Å². The second-order valence-electron chi connectivity index (χ2n) is 4.11. The molecule has 1 unspecified atom stereocenters. The van der Waals surface area contributed by atoms with Crippen LogP contribution in [0.4, 0.5) is 10.1 Å². The lowest BCUT2D eigenvalue weighted by Gasteiger charge is -2.24. The summed E-state index contributed by atoms with van der Waals surface area (Å²) < 4.78 is 13.3. The highest BCUT2D eigenvalue weighted by Crippen LogP contribution is 2.26. The van der Waals surface area contributed by atoms with Gasteiger partial charge in [-0.2, -0.15) is 0 Å². The van der Waals surface area contributed by atoms with Gasteiger partial charge in [0.15, 0.2) is 0 Å². The minimum absolute atomic E-state index is 0.259. The standard InChI is InChI=1S/C12H13FN2O2/c13-9-4-8(7-16)5-10(6-9)15-3-1-2-11(15)12(14)17/h4-7,11H,1-3H2,(H2,14,17). The van der Waals surface area contributed by atoms with Crippen molar-refractivity contribution in [2.24, 2.45) is 5.73 Å². The summed E-state index contributed by atoms with van der Waals surface area (Å²) in [7, 11) is 0. The second-order valence-corrected chi connectivity index (χ2v) is 4.11. The highest BCUT2D eigenvalue weighted by molar-refractivity contribution is 5.85. The van der Waals surface area contributed by atoms with Crippen LogP contribution in [-0.2, 0) is 4.79 Å². The number of nitrogens with two attached hydrogens (primary N) is 1. The topological polar surface area (TPSA) is 63.4 Å². The molecular formula is C12H13FN2O2. The van der Waals surface area contributed by atoms with E-state index in [2.05, 4.69) is 0 Å². The number of benzene rings is 1. The molecular weight excluding hydrogens is 223 g/mol. The van der Waals surface area contributed by atoms with Crippen LogP contribution in [-0.4, -0.2) is 24.8 Å². The van der Waals surface area contributed by atoms with Crippen LogP contribution >= 0.6 is 0 Å². The number of hydrogen-bond acceptors (Lipinski definition) is 3. The third-order valence-electron chi connectivity index (χ3n) is 2.95. The van der Waals surface area contributed by atoms with Gasteiger partial charge in [0.25, 0.3) is 0 Å². The maximum Gasteiger partial charge on any atom is 0.240 e. The van der Waals surface area contributed by atoms with Crippen molar-refractivity contribution in [1.82, 2.24) is 0 Å². The number of rotatable bonds is 3. The normalized spacial score (nSPS) is 19.4. The van der Waals surface area contributed by atoms with Crippen molar-refractivity contribution in [3.63, 3.8) is 0 Å². The third kappa shape index (κ3) is 2.27. The monoisotopic (exact) mass is 236 g/mol.